The number of benzene rings is 2. The molecule has 2 aromatic carbocycles. The molecule has 2 rings (SSSR count). The quantitative estimate of drug-likeness (QED) is 0.732. The maximum atomic E-state index is 12.4. The van der Waals surface area contributed by atoms with Gasteiger partial charge in [-0.1, -0.05) is 0 Å². The number of aryl methyl sites for hydroxylation is 1. The molecular weight excluding hydrogens is 301 g/mol. The van der Waals surface area contributed by atoms with Gasteiger partial charge >= 0.3 is 140 Å². The molecule has 23 heavy (non-hydrogen) atoms. The van der Waals surface area contributed by atoms with Crippen molar-refractivity contribution in [2.45, 2.75) is 32.0 Å². The first-order valence-corrected chi connectivity index (χ1v) is 11.6. The summed E-state index contributed by atoms with van der Waals surface area (Å²) in [4.78, 5) is 12.4. The molecule has 0 aliphatic heterocycles. The molecule has 2 aromatic rings. The Morgan fingerprint density at radius 3 is 2.04 bits per heavy atom. The van der Waals surface area contributed by atoms with Gasteiger partial charge in [0.1, 0.15) is 0 Å². The molecule has 0 spiro atoms. The van der Waals surface area contributed by atoms with Gasteiger partial charge in [-0.2, -0.15) is 0 Å². The molecule has 3 heteroatoms. The predicted molar refractivity (Wildman–Crippen MR) is 103 cm³/mol. The summed E-state index contributed by atoms with van der Waals surface area (Å²) in [6.07, 6.45) is 2.48. The zero-order valence-electron chi connectivity index (χ0n) is 14.4. The molecule has 1 atom stereocenters. The molecule has 0 aromatic heterocycles. The third-order valence-corrected chi connectivity index (χ3v) is 6.59. The molecule has 1 N–H and O–H groups in total. The minimum atomic E-state index is -1.65. The number of Topliss-reactive ketones (excluding diaryl/α,β-unsaturated/α-hetero) is 1. The van der Waals surface area contributed by atoms with Gasteiger partial charge in [0.25, 0.3) is 0 Å². The van der Waals surface area contributed by atoms with E-state index in [1.54, 1.807) is 0 Å². The fraction of sp³-hybridized carbons (Fsp3) is 0.350. The number of hydrogen-bond acceptors (Lipinski definition) is 2. The van der Waals surface area contributed by atoms with E-state index in [-0.39, 0.29) is 6.04 Å². The Morgan fingerprint density at radius 2 is 1.48 bits per heavy atom. The fourth-order valence-corrected chi connectivity index (χ4v) is 5.64. The van der Waals surface area contributed by atoms with E-state index < -0.39 is 7.41 Å². The van der Waals surface area contributed by atoms with Crippen molar-refractivity contribution >= 4 is 13.2 Å². The molecule has 0 heterocycles. The van der Waals surface area contributed by atoms with E-state index in [1.165, 1.54) is 11.1 Å². The van der Waals surface area contributed by atoms with Crippen LogP contribution in [0.3, 0.4) is 0 Å². The molecule has 0 radical (unpaired) electrons. The van der Waals surface area contributed by atoms with Crippen molar-refractivity contribution in [3.63, 3.8) is 0 Å². The molecule has 0 saturated heterocycles. The number of hydrogen-bond donors (Lipinski definition) is 1. The SMILES string of the molecule is CC(N[PH](C)(C)Cc1ccccc1)C(=O)CCc1ccccc1. The first-order valence-electron chi connectivity index (χ1n) is 8.34. The van der Waals surface area contributed by atoms with E-state index in [0.717, 1.165) is 12.6 Å². The zero-order valence-corrected chi connectivity index (χ0v) is 15.4. The second kappa shape index (κ2) is 8.38. The molecule has 1 unspecified atom stereocenters. The third-order valence-electron chi connectivity index (χ3n) is 4.08. The van der Waals surface area contributed by atoms with Crippen LogP contribution in [0.2, 0.25) is 0 Å². The predicted octanol–water partition coefficient (Wildman–Crippen LogP) is 4.29. The number of ketones is 1. The van der Waals surface area contributed by atoms with Crippen molar-refractivity contribution in [1.82, 2.24) is 5.09 Å². The minimum absolute atomic E-state index is 0.0657. The first kappa shape index (κ1) is 17.8. The standard InChI is InChI=1S/C20H28NOP/c1-17(20(22)15-14-18-10-6-4-7-11-18)21-23(2,3)16-19-12-8-5-9-13-19/h4-13,17,21,23H,14-16H2,1-3H3. The van der Waals surface area contributed by atoms with Gasteiger partial charge in [0.15, 0.2) is 0 Å². The molecule has 0 aliphatic carbocycles. The van der Waals surface area contributed by atoms with Crippen molar-refractivity contribution in [1.29, 1.82) is 0 Å². The van der Waals surface area contributed by atoms with Gasteiger partial charge < -0.3 is 0 Å². The molecule has 0 saturated carbocycles. The Bertz CT molecular complexity index is 610. The van der Waals surface area contributed by atoms with Gasteiger partial charge in [-0.15, -0.1) is 0 Å². The molecule has 2 nitrogen and oxygen atoms in total. The molecule has 0 bridgehead atoms. The van der Waals surface area contributed by atoms with Crippen LogP contribution in [0.25, 0.3) is 0 Å². The van der Waals surface area contributed by atoms with Crippen LogP contribution < -0.4 is 5.09 Å². The van der Waals surface area contributed by atoms with E-state index in [0.29, 0.717) is 12.2 Å². The topological polar surface area (TPSA) is 29.1 Å². The van der Waals surface area contributed by atoms with Crippen molar-refractivity contribution < 1.29 is 4.79 Å². The van der Waals surface area contributed by atoms with E-state index in [2.05, 4.69) is 54.8 Å². The molecule has 0 amide bonds. The Balaban J connectivity index is 1.84. The summed E-state index contributed by atoms with van der Waals surface area (Å²) >= 11 is 0. The maximum absolute atomic E-state index is 12.4. The Hall–Kier alpha value is -1.50. The molecule has 0 aliphatic rings. The van der Waals surface area contributed by atoms with Crippen LogP contribution in [0.5, 0.6) is 0 Å². The van der Waals surface area contributed by atoms with Crippen LogP contribution in [0.1, 0.15) is 24.5 Å². The fourth-order valence-electron chi connectivity index (χ4n) is 2.95. The summed E-state index contributed by atoms with van der Waals surface area (Å²) in [7, 11) is -1.65. The molecule has 0 fully saturated rings. The summed E-state index contributed by atoms with van der Waals surface area (Å²) < 4.78 is 0. The average molecular weight is 329 g/mol. The van der Waals surface area contributed by atoms with E-state index in [9.17, 15) is 4.79 Å². The van der Waals surface area contributed by atoms with Crippen molar-refractivity contribution in [2.24, 2.45) is 0 Å². The van der Waals surface area contributed by atoms with Gasteiger partial charge in [-0.25, -0.2) is 0 Å². The van der Waals surface area contributed by atoms with Crippen LogP contribution >= 0.6 is 7.41 Å². The number of rotatable bonds is 8. The third kappa shape index (κ3) is 6.25. The van der Waals surface area contributed by atoms with E-state index in [1.807, 2.05) is 31.2 Å². The van der Waals surface area contributed by atoms with Gasteiger partial charge in [0.05, 0.1) is 0 Å². The van der Waals surface area contributed by atoms with Crippen molar-refractivity contribution in [3.05, 3.63) is 71.8 Å². The Kier molecular flexibility index (Phi) is 6.50. The zero-order chi connectivity index (χ0) is 16.7. The van der Waals surface area contributed by atoms with Crippen LogP contribution in [0.4, 0.5) is 0 Å². The second-order valence-corrected chi connectivity index (χ2v) is 11.3. The summed E-state index contributed by atoms with van der Waals surface area (Å²) in [6, 6.07) is 20.7. The normalized spacial score (nSPS) is 13.5. The monoisotopic (exact) mass is 329 g/mol. The van der Waals surface area contributed by atoms with E-state index in [4.69, 9.17) is 0 Å². The Labute approximate surface area is 140 Å². The molecule has 124 valence electrons. The van der Waals surface area contributed by atoms with Gasteiger partial charge in [0.2, 0.25) is 0 Å². The van der Waals surface area contributed by atoms with Gasteiger partial charge in [-0.05, 0) is 0 Å². The summed E-state index contributed by atoms with van der Waals surface area (Å²) in [5.41, 5.74) is 2.58. The second-order valence-electron chi connectivity index (χ2n) is 6.86. The molecular formula is C20H28NOP. The van der Waals surface area contributed by atoms with Crippen LogP contribution in [0.15, 0.2) is 60.7 Å². The Morgan fingerprint density at radius 1 is 0.957 bits per heavy atom. The van der Waals surface area contributed by atoms with Crippen molar-refractivity contribution in [3.8, 4) is 0 Å². The van der Waals surface area contributed by atoms with Gasteiger partial charge in [-0.3, -0.25) is 0 Å². The number of carbonyl (C=O) groups is 1. The van der Waals surface area contributed by atoms with Crippen LogP contribution in [-0.4, -0.2) is 25.2 Å². The summed E-state index contributed by atoms with van der Waals surface area (Å²) in [6.45, 7) is 6.59. The number of nitrogens with one attached hydrogen (secondary N) is 1. The summed E-state index contributed by atoms with van der Waals surface area (Å²) in [5.74, 6) is 0.308. The van der Waals surface area contributed by atoms with Gasteiger partial charge in [0, 0.05) is 0 Å². The first-order chi connectivity index (χ1) is 11.0. The number of carbonyl (C=O) groups excluding carboxylic acids is 1. The average Bonchev–Trinajstić information content (AvgIpc) is 2.53. The summed E-state index contributed by atoms with van der Waals surface area (Å²) in [5, 5.41) is 3.63. The van der Waals surface area contributed by atoms with Crippen molar-refractivity contribution in [2.75, 3.05) is 13.3 Å². The van der Waals surface area contributed by atoms with Crippen LogP contribution in [-0.2, 0) is 17.4 Å². The van der Waals surface area contributed by atoms with E-state index >= 15 is 0 Å². The van der Waals surface area contributed by atoms with Crippen LogP contribution in [0, 0.1) is 0 Å².